The Balaban J connectivity index is 2.21. The Morgan fingerprint density at radius 2 is 1.95 bits per heavy atom. The maximum Gasteiger partial charge on any atom is 0.180 e. The van der Waals surface area contributed by atoms with Crippen LogP contribution in [0.25, 0.3) is 11.1 Å². The van der Waals surface area contributed by atoms with E-state index in [-0.39, 0.29) is 0 Å². The second kappa shape index (κ2) is 4.90. The maximum atomic E-state index is 6.33. The number of hydrogen-bond donors (Lipinski definition) is 1. The topological polar surface area (TPSA) is 62.3 Å². The first kappa shape index (κ1) is 13.1. The molecule has 1 aliphatic heterocycles. The number of nitrogen functional groups attached to an aromatic ring is 1. The van der Waals surface area contributed by atoms with Crippen molar-refractivity contribution in [3.8, 4) is 22.6 Å². The van der Waals surface area contributed by atoms with Crippen LogP contribution in [0, 0.1) is 6.92 Å². The molecule has 3 rings (SSSR count). The maximum absolute atomic E-state index is 6.33. The molecule has 1 aromatic carbocycles. The molecule has 20 heavy (non-hydrogen) atoms. The molecule has 0 saturated carbocycles. The van der Waals surface area contributed by atoms with Gasteiger partial charge < -0.3 is 15.2 Å². The molecule has 0 bridgehead atoms. The number of nitrogens with two attached hydrogens (primary N) is 1. The van der Waals surface area contributed by atoms with Gasteiger partial charge in [-0.2, -0.15) is 5.10 Å². The summed E-state index contributed by atoms with van der Waals surface area (Å²) in [5.41, 5.74) is 8.78. The van der Waals surface area contributed by atoms with E-state index >= 15 is 0 Å². The van der Waals surface area contributed by atoms with E-state index in [1.165, 1.54) is 0 Å². The van der Waals surface area contributed by atoms with Gasteiger partial charge in [0.25, 0.3) is 0 Å². The van der Waals surface area contributed by atoms with Gasteiger partial charge in [0.15, 0.2) is 11.5 Å². The fourth-order valence-corrected chi connectivity index (χ4v) is 2.60. The second-order valence-corrected chi connectivity index (χ2v) is 5.21. The van der Waals surface area contributed by atoms with Gasteiger partial charge in [0, 0.05) is 24.6 Å². The number of rotatable bonds is 1. The minimum absolute atomic E-state index is 0.533. The fourth-order valence-electron chi connectivity index (χ4n) is 2.35. The van der Waals surface area contributed by atoms with Crippen molar-refractivity contribution in [1.29, 1.82) is 0 Å². The first-order valence-electron chi connectivity index (χ1n) is 6.46. The Morgan fingerprint density at radius 1 is 1.25 bits per heavy atom. The number of benzene rings is 1. The van der Waals surface area contributed by atoms with Crippen LogP contribution in [0.5, 0.6) is 11.5 Å². The predicted octanol–water partition coefficient (Wildman–Crippen LogP) is 2.79. The lowest BCUT2D eigenvalue weighted by Gasteiger charge is -2.15. The van der Waals surface area contributed by atoms with Crippen LogP contribution in [0.1, 0.15) is 12.0 Å². The van der Waals surface area contributed by atoms with Gasteiger partial charge in [0.1, 0.15) is 5.82 Å². The van der Waals surface area contributed by atoms with Gasteiger partial charge in [0.05, 0.1) is 24.4 Å². The first-order valence-corrected chi connectivity index (χ1v) is 6.84. The largest absolute Gasteiger partial charge is 0.489 e. The van der Waals surface area contributed by atoms with Crippen LogP contribution in [0.15, 0.2) is 12.3 Å². The normalized spacial score (nSPS) is 14.2. The minimum Gasteiger partial charge on any atom is -0.489 e. The molecule has 0 radical (unpaired) electrons. The van der Waals surface area contributed by atoms with Crippen LogP contribution in [0.2, 0.25) is 5.02 Å². The quantitative estimate of drug-likeness (QED) is 0.878. The molecule has 0 fully saturated rings. The Bertz CT molecular complexity index is 667. The molecule has 6 heteroatoms. The Kier molecular flexibility index (Phi) is 3.22. The van der Waals surface area contributed by atoms with Crippen molar-refractivity contribution in [3.05, 3.63) is 22.8 Å². The van der Waals surface area contributed by atoms with Crippen molar-refractivity contribution < 1.29 is 9.47 Å². The average molecular weight is 294 g/mol. The summed E-state index contributed by atoms with van der Waals surface area (Å²) in [6.07, 6.45) is 2.58. The van der Waals surface area contributed by atoms with Crippen LogP contribution < -0.4 is 15.2 Å². The zero-order valence-electron chi connectivity index (χ0n) is 11.4. The Morgan fingerprint density at radius 3 is 2.60 bits per heavy atom. The molecule has 1 aromatic heterocycles. The van der Waals surface area contributed by atoms with Crippen LogP contribution >= 0.6 is 11.6 Å². The van der Waals surface area contributed by atoms with Crippen molar-refractivity contribution in [2.75, 3.05) is 18.9 Å². The van der Waals surface area contributed by atoms with Gasteiger partial charge in [-0.25, -0.2) is 0 Å². The molecule has 2 heterocycles. The average Bonchev–Trinajstić information content (AvgIpc) is 2.67. The summed E-state index contributed by atoms with van der Waals surface area (Å²) in [7, 11) is 1.80. The summed E-state index contributed by atoms with van der Waals surface area (Å²) in [6, 6.07) is 1.86. The van der Waals surface area contributed by atoms with E-state index < -0.39 is 0 Å². The smallest absolute Gasteiger partial charge is 0.180 e. The molecule has 0 saturated heterocycles. The van der Waals surface area contributed by atoms with Gasteiger partial charge in [-0.1, -0.05) is 11.6 Å². The van der Waals surface area contributed by atoms with Crippen LogP contribution in [0.4, 0.5) is 5.82 Å². The monoisotopic (exact) mass is 293 g/mol. The molecule has 2 N–H and O–H groups in total. The third-order valence-corrected chi connectivity index (χ3v) is 3.78. The summed E-state index contributed by atoms with van der Waals surface area (Å²) in [5.74, 6) is 1.92. The van der Waals surface area contributed by atoms with Crippen molar-refractivity contribution in [2.24, 2.45) is 7.05 Å². The molecular formula is C14H16ClN3O2. The van der Waals surface area contributed by atoms with Crippen molar-refractivity contribution in [1.82, 2.24) is 9.78 Å². The highest BCUT2D eigenvalue weighted by atomic mass is 35.5. The summed E-state index contributed by atoms with van der Waals surface area (Å²) in [5, 5.41) is 4.70. The van der Waals surface area contributed by atoms with Crippen LogP contribution in [-0.4, -0.2) is 23.0 Å². The number of ether oxygens (including phenoxy) is 2. The van der Waals surface area contributed by atoms with Crippen molar-refractivity contribution in [3.63, 3.8) is 0 Å². The minimum atomic E-state index is 0.533. The van der Waals surface area contributed by atoms with Gasteiger partial charge in [-0.3, -0.25) is 4.68 Å². The number of halogens is 1. The van der Waals surface area contributed by atoms with Gasteiger partial charge >= 0.3 is 0 Å². The predicted molar refractivity (Wildman–Crippen MR) is 78.4 cm³/mol. The van der Waals surface area contributed by atoms with E-state index in [1.54, 1.807) is 17.9 Å². The lowest BCUT2D eigenvalue weighted by Crippen LogP contribution is -2.00. The highest BCUT2D eigenvalue weighted by Crippen LogP contribution is 2.45. The summed E-state index contributed by atoms with van der Waals surface area (Å²) in [4.78, 5) is 0. The molecule has 2 aromatic rings. The third kappa shape index (κ3) is 1.98. The van der Waals surface area contributed by atoms with Gasteiger partial charge in [-0.15, -0.1) is 0 Å². The SMILES string of the molecule is Cc1c(-c2cnn(C)c2N)cc(Cl)c2c1OCCCO2. The lowest BCUT2D eigenvalue weighted by molar-refractivity contribution is 0.296. The van der Waals surface area contributed by atoms with E-state index in [0.29, 0.717) is 35.6 Å². The molecule has 0 unspecified atom stereocenters. The standard InChI is InChI=1S/C14H16ClN3O2/c1-8-9(10-7-17-18(2)14(10)16)6-11(15)13-12(8)19-4-3-5-20-13/h6-7H,3-5,16H2,1-2H3. The number of aryl methyl sites for hydroxylation is 1. The number of anilines is 1. The molecule has 0 atom stereocenters. The van der Waals surface area contributed by atoms with Crippen LogP contribution in [0.3, 0.4) is 0 Å². The van der Waals surface area contributed by atoms with E-state index in [4.69, 9.17) is 26.8 Å². The number of fused-ring (bicyclic) bond motifs is 1. The summed E-state index contributed by atoms with van der Waals surface area (Å²) < 4.78 is 13.1. The number of hydrogen-bond acceptors (Lipinski definition) is 4. The molecule has 106 valence electrons. The second-order valence-electron chi connectivity index (χ2n) is 4.81. The number of aromatic nitrogens is 2. The molecule has 1 aliphatic rings. The van der Waals surface area contributed by atoms with Crippen molar-refractivity contribution >= 4 is 17.4 Å². The van der Waals surface area contributed by atoms with Gasteiger partial charge in [0.2, 0.25) is 0 Å². The highest BCUT2D eigenvalue weighted by molar-refractivity contribution is 6.32. The zero-order chi connectivity index (χ0) is 14.3. The van der Waals surface area contributed by atoms with E-state index in [1.807, 2.05) is 13.0 Å². The fraction of sp³-hybridized carbons (Fsp3) is 0.357. The lowest BCUT2D eigenvalue weighted by atomic mass is 10.0. The Hall–Kier alpha value is -1.88. The van der Waals surface area contributed by atoms with E-state index in [2.05, 4.69) is 5.10 Å². The summed E-state index contributed by atoms with van der Waals surface area (Å²) >= 11 is 6.33. The first-order chi connectivity index (χ1) is 9.59. The van der Waals surface area contributed by atoms with Gasteiger partial charge in [-0.05, 0) is 18.6 Å². The zero-order valence-corrected chi connectivity index (χ0v) is 12.2. The number of nitrogens with zero attached hydrogens (tertiary/aromatic N) is 2. The van der Waals surface area contributed by atoms with Crippen LogP contribution in [-0.2, 0) is 7.05 Å². The molecule has 5 nitrogen and oxygen atoms in total. The molecule has 0 spiro atoms. The highest BCUT2D eigenvalue weighted by Gasteiger charge is 2.22. The molecule has 0 aliphatic carbocycles. The third-order valence-electron chi connectivity index (χ3n) is 3.50. The summed E-state index contributed by atoms with van der Waals surface area (Å²) in [6.45, 7) is 3.21. The van der Waals surface area contributed by atoms with Crippen molar-refractivity contribution in [2.45, 2.75) is 13.3 Å². The molecule has 0 amide bonds. The Labute approximate surface area is 122 Å². The van der Waals surface area contributed by atoms with E-state index in [9.17, 15) is 0 Å². The molecular weight excluding hydrogens is 278 g/mol. The van der Waals surface area contributed by atoms with E-state index in [0.717, 1.165) is 23.1 Å².